The molecule has 0 aromatic heterocycles. The van der Waals surface area contributed by atoms with E-state index in [9.17, 15) is 9.59 Å². The van der Waals surface area contributed by atoms with Crippen molar-refractivity contribution in [2.45, 2.75) is 58.7 Å². The number of nitrogens with zero attached hydrogens (tertiary/aromatic N) is 1. The second-order valence-electron chi connectivity index (χ2n) is 9.64. The maximum Gasteiger partial charge on any atom is 0.496 e. The average Bonchev–Trinajstić information content (AvgIpc) is 3.02. The monoisotopic (exact) mass is 501 g/mol. The SMILES string of the molecule is COC(=O)CCCOc1cccc(C)c1N(C)C(=O)c1ccc(Cl)c(B2OC(C)(C)C(C)(C)O2)c1. The van der Waals surface area contributed by atoms with E-state index in [1.54, 1.807) is 30.1 Å². The van der Waals surface area contributed by atoms with E-state index in [4.69, 9.17) is 25.6 Å². The predicted octanol–water partition coefficient (Wildman–Crippen LogP) is 4.56. The number of rotatable bonds is 8. The van der Waals surface area contributed by atoms with Gasteiger partial charge < -0.3 is 23.7 Å². The number of hydrogen-bond donors (Lipinski definition) is 0. The summed E-state index contributed by atoms with van der Waals surface area (Å²) in [4.78, 5) is 26.4. The fourth-order valence-electron chi connectivity index (χ4n) is 3.80. The molecule has 0 N–H and O–H groups in total. The molecule has 0 saturated carbocycles. The van der Waals surface area contributed by atoms with Crippen LogP contribution in [0.3, 0.4) is 0 Å². The zero-order valence-corrected chi connectivity index (χ0v) is 22.2. The van der Waals surface area contributed by atoms with Gasteiger partial charge in [-0.3, -0.25) is 9.59 Å². The number of benzene rings is 2. The third-order valence-corrected chi connectivity index (χ3v) is 6.95. The maximum atomic E-state index is 13.5. The molecule has 3 rings (SSSR count). The Balaban J connectivity index is 1.83. The molecule has 1 aliphatic heterocycles. The van der Waals surface area contributed by atoms with Crippen LogP contribution < -0.4 is 15.1 Å². The third kappa shape index (κ3) is 5.82. The van der Waals surface area contributed by atoms with Crippen LogP contribution in [0.5, 0.6) is 5.75 Å². The highest BCUT2D eigenvalue weighted by atomic mass is 35.5. The lowest BCUT2D eigenvalue weighted by atomic mass is 9.78. The van der Waals surface area contributed by atoms with Gasteiger partial charge in [0.05, 0.1) is 30.6 Å². The molecule has 9 heteroatoms. The molecule has 0 spiro atoms. The Morgan fingerprint density at radius 2 is 1.74 bits per heavy atom. The van der Waals surface area contributed by atoms with Gasteiger partial charge in [-0.05, 0) is 70.9 Å². The van der Waals surface area contributed by atoms with Gasteiger partial charge in [-0.1, -0.05) is 23.7 Å². The van der Waals surface area contributed by atoms with Gasteiger partial charge in [0, 0.05) is 29.5 Å². The number of methoxy groups -OCH3 is 1. The van der Waals surface area contributed by atoms with E-state index in [-0.39, 0.29) is 18.3 Å². The molecular formula is C26H33BClNO6. The summed E-state index contributed by atoms with van der Waals surface area (Å²) in [5, 5.41) is 0.466. The van der Waals surface area contributed by atoms with E-state index in [2.05, 4.69) is 4.74 Å². The van der Waals surface area contributed by atoms with Crippen LogP contribution in [0.1, 0.15) is 56.5 Å². The molecule has 0 aliphatic carbocycles. The van der Waals surface area contributed by atoms with Crippen LogP contribution in [0, 0.1) is 6.92 Å². The minimum absolute atomic E-state index is 0.229. The van der Waals surface area contributed by atoms with Crippen molar-refractivity contribution in [1.29, 1.82) is 0 Å². The van der Waals surface area contributed by atoms with Crippen molar-refractivity contribution in [3.8, 4) is 5.75 Å². The van der Waals surface area contributed by atoms with E-state index >= 15 is 0 Å². The highest BCUT2D eigenvalue weighted by Crippen LogP contribution is 2.37. The number of carbonyl (C=O) groups excluding carboxylic acids is 2. The van der Waals surface area contributed by atoms with Gasteiger partial charge in [-0.2, -0.15) is 0 Å². The number of esters is 1. The molecule has 0 atom stereocenters. The van der Waals surface area contributed by atoms with Crippen LogP contribution in [-0.4, -0.2) is 51.0 Å². The van der Waals surface area contributed by atoms with E-state index < -0.39 is 18.3 Å². The second-order valence-corrected chi connectivity index (χ2v) is 10.0. The average molecular weight is 502 g/mol. The lowest BCUT2D eigenvalue weighted by molar-refractivity contribution is -0.140. The first-order valence-corrected chi connectivity index (χ1v) is 12.0. The summed E-state index contributed by atoms with van der Waals surface area (Å²) in [5.74, 6) is 0.0462. The number of anilines is 1. The lowest BCUT2D eigenvalue weighted by Gasteiger charge is -2.32. The van der Waals surface area contributed by atoms with E-state index in [1.165, 1.54) is 7.11 Å². The summed E-state index contributed by atoms with van der Waals surface area (Å²) >= 11 is 6.48. The number of hydrogen-bond acceptors (Lipinski definition) is 6. The normalized spacial score (nSPS) is 16.2. The molecule has 7 nitrogen and oxygen atoms in total. The molecular weight excluding hydrogens is 469 g/mol. The Labute approximate surface area is 212 Å². The highest BCUT2D eigenvalue weighted by molar-refractivity contribution is 6.65. The fraction of sp³-hybridized carbons (Fsp3) is 0.462. The molecule has 1 aliphatic rings. The van der Waals surface area contributed by atoms with Crippen LogP contribution in [0.4, 0.5) is 5.69 Å². The Bertz CT molecular complexity index is 1090. The van der Waals surface area contributed by atoms with Gasteiger partial charge in [0.1, 0.15) is 5.75 Å². The molecule has 2 aromatic carbocycles. The van der Waals surface area contributed by atoms with Crippen molar-refractivity contribution >= 4 is 41.7 Å². The van der Waals surface area contributed by atoms with Crippen molar-refractivity contribution in [2.75, 3.05) is 25.7 Å². The van der Waals surface area contributed by atoms with Crippen molar-refractivity contribution in [3.05, 3.63) is 52.5 Å². The van der Waals surface area contributed by atoms with Gasteiger partial charge in [-0.25, -0.2) is 0 Å². The van der Waals surface area contributed by atoms with Gasteiger partial charge in [0.25, 0.3) is 5.91 Å². The molecule has 0 bridgehead atoms. The first kappa shape index (κ1) is 27.0. The van der Waals surface area contributed by atoms with Gasteiger partial charge >= 0.3 is 13.1 Å². The number of amides is 1. The van der Waals surface area contributed by atoms with E-state index in [1.807, 2.05) is 52.8 Å². The Morgan fingerprint density at radius 1 is 1.09 bits per heavy atom. The van der Waals surface area contributed by atoms with Gasteiger partial charge in [0.15, 0.2) is 0 Å². The molecule has 188 valence electrons. The third-order valence-electron chi connectivity index (χ3n) is 6.60. The van der Waals surface area contributed by atoms with Crippen molar-refractivity contribution in [1.82, 2.24) is 0 Å². The molecule has 1 fully saturated rings. The van der Waals surface area contributed by atoms with Crippen molar-refractivity contribution < 1.29 is 28.4 Å². The first-order valence-electron chi connectivity index (χ1n) is 11.6. The van der Waals surface area contributed by atoms with Crippen LogP contribution in [-0.2, 0) is 18.8 Å². The summed E-state index contributed by atoms with van der Waals surface area (Å²) in [7, 11) is 2.38. The minimum atomic E-state index is -0.683. The van der Waals surface area contributed by atoms with Crippen LogP contribution in [0.2, 0.25) is 5.02 Å². The number of para-hydroxylation sites is 1. The largest absolute Gasteiger partial charge is 0.496 e. The number of ether oxygens (including phenoxy) is 2. The molecule has 1 amide bonds. The Hall–Kier alpha value is -2.55. The fourth-order valence-corrected chi connectivity index (χ4v) is 4.01. The molecule has 2 aromatic rings. The first-order chi connectivity index (χ1) is 16.4. The summed E-state index contributed by atoms with van der Waals surface area (Å²) in [5.41, 5.74) is 1.53. The minimum Gasteiger partial charge on any atom is -0.491 e. The van der Waals surface area contributed by atoms with Crippen LogP contribution in [0.25, 0.3) is 0 Å². The number of carbonyl (C=O) groups is 2. The molecule has 1 saturated heterocycles. The van der Waals surface area contributed by atoms with E-state index in [0.717, 1.165) is 5.56 Å². The molecule has 0 unspecified atom stereocenters. The summed E-state index contributed by atoms with van der Waals surface area (Å²) < 4.78 is 22.9. The Morgan fingerprint density at radius 3 is 2.37 bits per heavy atom. The van der Waals surface area contributed by atoms with Crippen molar-refractivity contribution in [2.24, 2.45) is 0 Å². The van der Waals surface area contributed by atoms with Gasteiger partial charge in [0.2, 0.25) is 0 Å². The summed E-state index contributed by atoms with van der Waals surface area (Å²) in [6.45, 7) is 10.1. The van der Waals surface area contributed by atoms with Gasteiger partial charge in [-0.15, -0.1) is 0 Å². The topological polar surface area (TPSA) is 74.3 Å². The zero-order chi connectivity index (χ0) is 26.0. The molecule has 1 heterocycles. The quantitative estimate of drug-likeness (QED) is 0.300. The summed E-state index contributed by atoms with van der Waals surface area (Å²) in [6.07, 6.45) is 0.769. The van der Waals surface area contributed by atoms with Crippen LogP contribution in [0.15, 0.2) is 36.4 Å². The molecule has 35 heavy (non-hydrogen) atoms. The number of aryl methyl sites for hydroxylation is 1. The smallest absolute Gasteiger partial charge is 0.491 e. The standard InChI is InChI=1S/C26H33BClNO6/c1-17-10-8-11-21(33-15-9-12-22(30)32-7)23(17)29(6)24(31)18-13-14-20(28)19(16-18)27-34-25(2,3)26(4,5)35-27/h8,10-11,13-14,16H,9,12,15H2,1-7H3. The highest BCUT2D eigenvalue weighted by Gasteiger charge is 2.52. The molecule has 0 radical (unpaired) electrons. The predicted molar refractivity (Wildman–Crippen MR) is 138 cm³/mol. The Kier molecular flexibility index (Phi) is 8.19. The van der Waals surface area contributed by atoms with E-state index in [0.29, 0.717) is 40.5 Å². The lowest BCUT2D eigenvalue weighted by Crippen LogP contribution is -2.41. The van der Waals surface area contributed by atoms with Crippen LogP contribution >= 0.6 is 11.6 Å². The number of halogens is 1. The second kappa shape index (κ2) is 10.6. The van der Waals surface area contributed by atoms with Crippen molar-refractivity contribution in [3.63, 3.8) is 0 Å². The zero-order valence-electron chi connectivity index (χ0n) is 21.4. The summed E-state index contributed by atoms with van der Waals surface area (Å²) in [6, 6.07) is 10.7. The maximum absolute atomic E-state index is 13.5.